The quantitative estimate of drug-likeness (QED) is 0.748. The van der Waals surface area contributed by atoms with E-state index in [-0.39, 0.29) is 11.8 Å². The molecule has 0 aromatic heterocycles. The summed E-state index contributed by atoms with van der Waals surface area (Å²) in [4.78, 5) is 25.1. The molecular weight excluding hydrogens is 348 g/mol. The van der Waals surface area contributed by atoms with Gasteiger partial charge in [0.15, 0.2) is 5.78 Å². The maximum Gasteiger partial charge on any atom is 0.319 e. The second-order valence-corrected chi connectivity index (χ2v) is 7.16. The van der Waals surface area contributed by atoms with Gasteiger partial charge < -0.3 is 10.6 Å². The van der Waals surface area contributed by atoms with Crippen molar-refractivity contribution in [2.75, 3.05) is 0 Å². The van der Waals surface area contributed by atoms with Crippen LogP contribution in [0.15, 0.2) is 59.8 Å². The molecule has 5 heteroatoms. The first kappa shape index (κ1) is 18.2. The predicted octanol–water partition coefficient (Wildman–Crippen LogP) is 4.97. The summed E-state index contributed by atoms with van der Waals surface area (Å²) < 4.78 is 0. The molecule has 2 aromatic carbocycles. The van der Waals surface area contributed by atoms with Crippen LogP contribution in [0.4, 0.5) is 4.79 Å². The van der Waals surface area contributed by atoms with Gasteiger partial charge in [-0.3, -0.25) is 4.79 Å². The molecule has 0 aliphatic carbocycles. The number of allylic oxidation sites excluding steroid dienone is 1. The molecule has 4 nitrogen and oxygen atoms in total. The minimum atomic E-state index is -0.492. The van der Waals surface area contributed by atoms with Crippen LogP contribution in [0.5, 0.6) is 0 Å². The van der Waals surface area contributed by atoms with Crippen molar-refractivity contribution < 1.29 is 9.59 Å². The van der Waals surface area contributed by atoms with Gasteiger partial charge in [-0.2, -0.15) is 0 Å². The first-order valence-electron chi connectivity index (χ1n) is 8.55. The Bertz CT molecular complexity index is 868. The number of Topliss-reactive ketones (excluding diaryl/α,β-unsaturated/α-hetero) is 1. The summed E-state index contributed by atoms with van der Waals surface area (Å²) in [7, 11) is 0. The van der Waals surface area contributed by atoms with Gasteiger partial charge in [-0.25, -0.2) is 4.79 Å². The minimum Gasteiger partial charge on any atom is -0.327 e. The summed E-state index contributed by atoms with van der Waals surface area (Å²) in [6.45, 7) is 6.00. The third-order valence-electron chi connectivity index (χ3n) is 4.56. The number of hydrogen-bond acceptors (Lipinski definition) is 2. The molecule has 1 aliphatic rings. The zero-order valence-corrected chi connectivity index (χ0v) is 15.7. The van der Waals surface area contributed by atoms with E-state index in [1.807, 2.05) is 24.3 Å². The van der Waals surface area contributed by atoms with E-state index in [1.54, 1.807) is 31.2 Å². The van der Waals surface area contributed by atoms with Crippen LogP contribution in [0.3, 0.4) is 0 Å². The van der Waals surface area contributed by atoms with Crippen LogP contribution in [-0.2, 0) is 0 Å². The van der Waals surface area contributed by atoms with Crippen LogP contribution >= 0.6 is 11.6 Å². The second kappa shape index (κ2) is 7.34. The molecule has 2 aromatic rings. The molecule has 1 aliphatic heterocycles. The Balaban J connectivity index is 2.01. The van der Waals surface area contributed by atoms with Gasteiger partial charge in [0.25, 0.3) is 0 Å². The van der Waals surface area contributed by atoms with Crippen molar-refractivity contribution in [2.24, 2.45) is 0 Å². The molecule has 0 fully saturated rings. The highest BCUT2D eigenvalue weighted by molar-refractivity contribution is 6.30. The van der Waals surface area contributed by atoms with E-state index < -0.39 is 6.04 Å². The Kier molecular flexibility index (Phi) is 5.14. The van der Waals surface area contributed by atoms with Crippen LogP contribution in [-0.4, -0.2) is 11.8 Å². The van der Waals surface area contributed by atoms with E-state index in [9.17, 15) is 9.59 Å². The van der Waals surface area contributed by atoms with Crippen LogP contribution in [0.1, 0.15) is 54.2 Å². The van der Waals surface area contributed by atoms with Crippen molar-refractivity contribution in [3.05, 3.63) is 81.5 Å². The number of amides is 2. The van der Waals surface area contributed by atoms with Crippen molar-refractivity contribution in [2.45, 2.75) is 32.7 Å². The number of rotatable bonds is 4. The van der Waals surface area contributed by atoms with Gasteiger partial charge in [0.2, 0.25) is 0 Å². The normalized spacial score (nSPS) is 17.1. The zero-order chi connectivity index (χ0) is 18.8. The van der Waals surface area contributed by atoms with Gasteiger partial charge in [0.1, 0.15) is 0 Å². The molecule has 3 rings (SSSR count). The van der Waals surface area contributed by atoms with Crippen molar-refractivity contribution in [3.8, 4) is 0 Å². The van der Waals surface area contributed by atoms with E-state index in [4.69, 9.17) is 11.6 Å². The maximum absolute atomic E-state index is 13.1. The molecule has 2 N–H and O–H groups in total. The van der Waals surface area contributed by atoms with Gasteiger partial charge in [-0.1, -0.05) is 49.7 Å². The molecule has 0 spiro atoms. The summed E-state index contributed by atoms with van der Waals surface area (Å²) in [6.07, 6.45) is 0. The third-order valence-corrected chi connectivity index (χ3v) is 4.81. The molecule has 0 saturated heterocycles. The predicted molar refractivity (Wildman–Crippen MR) is 103 cm³/mol. The molecule has 0 radical (unpaired) electrons. The number of ketones is 1. The molecule has 0 unspecified atom stereocenters. The molecule has 0 bridgehead atoms. The summed E-state index contributed by atoms with van der Waals surface area (Å²) >= 11 is 5.92. The molecule has 2 amide bonds. The van der Waals surface area contributed by atoms with E-state index in [0.717, 1.165) is 5.56 Å². The Labute approximate surface area is 158 Å². The molecule has 134 valence electrons. The van der Waals surface area contributed by atoms with Crippen molar-refractivity contribution >= 4 is 23.4 Å². The number of urea groups is 1. The molecule has 1 heterocycles. The third kappa shape index (κ3) is 3.65. The Hall–Kier alpha value is -2.59. The van der Waals surface area contributed by atoms with Gasteiger partial charge in [-0.05, 0) is 48.2 Å². The maximum atomic E-state index is 13.1. The van der Waals surface area contributed by atoms with Crippen LogP contribution < -0.4 is 10.6 Å². The van der Waals surface area contributed by atoms with Gasteiger partial charge in [0.05, 0.1) is 6.04 Å². The highest BCUT2D eigenvalue weighted by atomic mass is 35.5. The average Bonchev–Trinajstić information content (AvgIpc) is 2.61. The van der Waals surface area contributed by atoms with Crippen LogP contribution in [0.2, 0.25) is 5.02 Å². The summed E-state index contributed by atoms with van der Waals surface area (Å²) in [5.74, 6) is 0.281. The van der Waals surface area contributed by atoms with Crippen molar-refractivity contribution in [1.82, 2.24) is 10.6 Å². The molecule has 26 heavy (non-hydrogen) atoms. The number of carbonyl (C=O) groups is 2. The molecule has 0 saturated carbocycles. The molecule has 1 atom stereocenters. The first-order valence-corrected chi connectivity index (χ1v) is 8.93. The lowest BCUT2D eigenvalue weighted by atomic mass is 9.88. The van der Waals surface area contributed by atoms with E-state index in [2.05, 4.69) is 24.5 Å². The van der Waals surface area contributed by atoms with Gasteiger partial charge >= 0.3 is 6.03 Å². The fraction of sp³-hybridized carbons (Fsp3) is 0.238. The Morgan fingerprint density at radius 1 is 1.04 bits per heavy atom. The summed E-state index contributed by atoms with van der Waals surface area (Å²) in [6, 6.07) is 14.0. The van der Waals surface area contributed by atoms with E-state index in [0.29, 0.717) is 27.8 Å². The summed E-state index contributed by atoms with van der Waals surface area (Å²) in [5.41, 5.74) is 3.71. The highest BCUT2D eigenvalue weighted by Crippen LogP contribution is 2.30. The number of halogens is 1. The first-order chi connectivity index (χ1) is 12.4. The largest absolute Gasteiger partial charge is 0.327 e. The topological polar surface area (TPSA) is 58.2 Å². The smallest absolute Gasteiger partial charge is 0.319 e. The lowest BCUT2D eigenvalue weighted by Gasteiger charge is -2.29. The monoisotopic (exact) mass is 368 g/mol. The lowest BCUT2D eigenvalue weighted by Crippen LogP contribution is -2.45. The highest BCUT2D eigenvalue weighted by Gasteiger charge is 2.31. The minimum absolute atomic E-state index is 0.135. The fourth-order valence-electron chi connectivity index (χ4n) is 3.08. The van der Waals surface area contributed by atoms with Crippen LogP contribution in [0.25, 0.3) is 0 Å². The van der Waals surface area contributed by atoms with Crippen molar-refractivity contribution in [1.29, 1.82) is 0 Å². The van der Waals surface area contributed by atoms with Crippen LogP contribution in [0, 0.1) is 0 Å². The van der Waals surface area contributed by atoms with Gasteiger partial charge in [-0.15, -0.1) is 0 Å². The Morgan fingerprint density at radius 2 is 1.65 bits per heavy atom. The van der Waals surface area contributed by atoms with E-state index >= 15 is 0 Å². The summed E-state index contributed by atoms with van der Waals surface area (Å²) in [5, 5.41) is 6.14. The SMILES string of the molecule is CC1=C(C(=O)c2ccc(Cl)cc2)[C@H](c2ccc(C(C)C)cc2)NC(=O)N1. The molecular formula is C21H21ClN2O2. The zero-order valence-electron chi connectivity index (χ0n) is 15.0. The second-order valence-electron chi connectivity index (χ2n) is 6.73. The van der Waals surface area contributed by atoms with E-state index in [1.165, 1.54) is 5.56 Å². The number of benzene rings is 2. The lowest BCUT2D eigenvalue weighted by molar-refractivity contribution is 0.102. The average molecular weight is 369 g/mol. The number of carbonyl (C=O) groups excluding carboxylic acids is 2. The van der Waals surface area contributed by atoms with Crippen molar-refractivity contribution in [3.63, 3.8) is 0 Å². The number of nitrogens with one attached hydrogen (secondary N) is 2. The Morgan fingerprint density at radius 3 is 2.23 bits per heavy atom. The van der Waals surface area contributed by atoms with Gasteiger partial charge in [0, 0.05) is 21.9 Å². The standard InChI is InChI=1S/C21H21ClN2O2/c1-12(2)14-4-6-15(7-5-14)19-18(13(3)23-21(26)24-19)20(25)16-8-10-17(22)11-9-16/h4-12,19H,1-3H3,(H2,23,24,26)/t19-/m0/s1. The fourth-order valence-corrected chi connectivity index (χ4v) is 3.20. The number of hydrogen-bond donors (Lipinski definition) is 2.